The van der Waals surface area contributed by atoms with Gasteiger partial charge >= 0.3 is 165 Å². The standard InChI is InChI=1S/C21H23IO3S/c1-18-12-14-21(15-13-18)26(23,24)25-22(20-10-6-3-7-11-20)17-16-19-8-4-2-5-9-19/h3,6-7,10-15,19H,2,4-5,8-9H2,1H3. The first-order valence-electron chi connectivity index (χ1n) is 8.82. The van der Waals surface area contributed by atoms with Gasteiger partial charge in [-0.3, -0.25) is 0 Å². The second-order valence-corrected chi connectivity index (χ2v) is 12.2. The molecule has 138 valence electrons. The van der Waals surface area contributed by atoms with Gasteiger partial charge in [-0.05, 0) is 0 Å². The molecule has 0 amide bonds. The number of benzene rings is 2. The van der Waals surface area contributed by atoms with Crippen molar-refractivity contribution in [1.82, 2.24) is 0 Å². The van der Waals surface area contributed by atoms with Crippen molar-refractivity contribution in [3.63, 3.8) is 0 Å². The minimum absolute atomic E-state index is 0.195. The molecule has 0 spiro atoms. The van der Waals surface area contributed by atoms with Gasteiger partial charge in [-0.2, -0.15) is 0 Å². The number of hydrogen-bond donors (Lipinski definition) is 0. The molecule has 2 aromatic carbocycles. The second-order valence-electron chi connectivity index (χ2n) is 6.45. The van der Waals surface area contributed by atoms with Crippen LogP contribution < -0.4 is 0 Å². The van der Waals surface area contributed by atoms with Crippen molar-refractivity contribution in [2.45, 2.75) is 43.9 Å². The Morgan fingerprint density at radius 3 is 2.27 bits per heavy atom. The van der Waals surface area contributed by atoms with Crippen LogP contribution in [0.15, 0.2) is 59.5 Å². The van der Waals surface area contributed by atoms with Crippen LogP contribution >= 0.6 is 20.2 Å². The zero-order chi connectivity index (χ0) is 18.4. The number of hydrogen-bond acceptors (Lipinski definition) is 3. The maximum atomic E-state index is 12.7. The zero-order valence-corrected chi connectivity index (χ0v) is 17.8. The number of halogens is 1. The molecule has 3 nitrogen and oxygen atoms in total. The van der Waals surface area contributed by atoms with Crippen molar-refractivity contribution < 1.29 is 10.9 Å². The topological polar surface area (TPSA) is 43.4 Å². The van der Waals surface area contributed by atoms with Crippen molar-refractivity contribution in [2.75, 3.05) is 0 Å². The Labute approximate surface area is 164 Å². The van der Waals surface area contributed by atoms with Gasteiger partial charge in [0.25, 0.3) is 0 Å². The molecule has 0 aromatic heterocycles. The molecule has 1 aliphatic carbocycles. The van der Waals surface area contributed by atoms with Crippen LogP contribution in [0, 0.1) is 26.3 Å². The van der Waals surface area contributed by atoms with E-state index in [1.807, 2.05) is 37.3 Å². The van der Waals surface area contributed by atoms with Crippen molar-refractivity contribution in [3.8, 4) is 9.85 Å². The molecule has 1 fully saturated rings. The summed E-state index contributed by atoms with van der Waals surface area (Å²) in [7, 11) is -3.81. The Morgan fingerprint density at radius 1 is 0.962 bits per heavy atom. The van der Waals surface area contributed by atoms with E-state index in [-0.39, 0.29) is 4.90 Å². The Morgan fingerprint density at radius 2 is 1.62 bits per heavy atom. The van der Waals surface area contributed by atoms with E-state index in [0.29, 0.717) is 5.92 Å². The fourth-order valence-electron chi connectivity index (χ4n) is 2.83. The summed E-state index contributed by atoms with van der Waals surface area (Å²) in [5, 5.41) is 0. The molecule has 1 aliphatic rings. The first-order valence-corrected chi connectivity index (χ1v) is 13.3. The van der Waals surface area contributed by atoms with E-state index >= 15 is 0 Å². The minimum atomic E-state index is -3.81. The predicted molar refractivity (Wildman–Crippen MR) is 113 cm³/mol. The van der Waals surface area contributed by atoms with Gasteiger partial charge in [0, 0.05) is 0 Å². The molecule has 0 bridgehead atoms. The third-order valence-corrected chi connectivity index (χ3v) is 10.6. The van der Waals surface area contributed by atoms with Gasteiger partial charge in [-0.1, -0.05) is 0 Å². The maximum absolute atomic E-state index is 12.7. The molecule has 1 saturated carbocycles. The summed E-state index contributed by atoms with van der Waals surface area (Å²) in [4.78, 5) is 0.195. The van der Waals surface area contributed by atoms with Crippen molar-refractivity contribution in [2.24, 2.45) is 5.92 Å². The average molecular weight is 482 g/mol. The summed E-state index contributed by atoms with van der Waals surface area (Å²) < 4.78 is 35.3. The van der Waals surface area contributed by atoms with Crippen LogP contribution in [0.25, 0.3) is 0 Å². The van der Waals surface area contributed by atoms with Crippen LogP contribution in [0.2, 0.25) is 0 Å². The Kier molecular flexibility index (Phi) is 6.74. The van der Waals surface area contributed by atoms with Gasteiger partial charge in [0.05, 0.1) is 0 Å². The Bertz CT molecular complexity index is 874. The van der Waals surface area contributed by atoms with E-state index in [1.165, 1.54) is 19.3 Å². The predicted octanol–water partition coefficient (Wildman–Crippen LogP) is 5.53. The summed E-state index contributed by atoms with van der Waals surface area (Å²) in [6.07, 6.45) is 5.91. The van der Waals surface area contributed by atoms with Crippen LogP contribution in [0.5, 0.6) is 0 Å². The van der Waals surface area contributed by atoms with E-state index in [0.717, 1.165) is 22.0 Å². The quantitative estimate of drug-likeness (QED) is 0.425. The van der Waals surface area contributed by atoms with Crippen molar-refractivity contribution in [1.29, 1.82) is 0 Å². The van der Waals surface area contributed by atoms with Crippen molar-refractivity contribution in [3.05, 3.63) is 63.7 Å². The summed E-state index contributed by atoms with van der Waals surface area (Å²) in [5.41, 5.74) is 1.01. The molecule has 0 saturated heterocycles. The van der Waals surface area contributed by atoms with Crippen molar-refractivity contribution >= 4 is 30.4 Å². The van der Waals surface area contributed by atoms with Gasteiger partial charge in [0.2, 0.25) is 0 Å². The van der Waals surface area contributed by atoms with Gasteiger partial charge in [0.15, 0.2) is 0 Å². The fraction of sp³-hybridized carbons (Fsp3) is 0.333. The van der Waals surface area contributed by atoms with Gasteiger partial charge < -0.3 is 0 Å². The SMILES string of the molecule is Cc1ccc(S(=O)(=O)OI(C#CC2CCCCC2)c2ccccc2)cc1. The summed E-state index contributed by atoms with van der Waals surface area (Å²) in [6, 6.07) is 16.3. The van der Waals surface area contributed by atoms with Crippen LogP contribution in [-0.4, -0.2) is 8.42 Å². The van der Waals surface area contributed by atoms with E-state index < -0.39 is 30.4 Å². The van der Waals surface area contributed by atoms with Crippen LogP contribution in [0.1, 0.15) is 37.7 Å². The van der Waals surface area contributed by atoms with Gasteiger partial charge in [-0.15, -0.1) is 0 Å². The molecule has 5 heteroatoms. The van der Waals surface area contributed by atoms with E-state index in [1.54, 1.807) is 24.3 Å². The van der Waals surface area contributed by atoms with Crippen LogP contribution in [0.4, 0.5) is 0 Å². The zero-order valence-electron chi connectivity index (χ0n) is 14.8. The summed E-state index contributed by atoms with van der Waals surface area (Å²) in [6.45, 7) is 1.93. The summed E-state index contributed by atoms with van der Waals surface area (Å²) >= 11 is -2.63. The normalized spacial score (nSPS) is 15.8. The monoisotopic (exact) mass is 482 g/mol. The molecular weight excluding hydrogens is 459 g/mol. The van der Waals surface area contributed by atoms with Crippen LogP contribution in [0.3, 0.4) is 0 Å². The van der Waals surface area contributed by atoms with Gasteiger partial charge in [-0.25, -0.2) is 0 Å². The van der Waals surface area contributed by atoms with E-state index in [9.17, 15) is 8.42 Å². The molecule has 0 heterocycles. The molecule has 0 aliphatic heterocycles. The number of aryl methyl sites for hydroxylation is 1. The molecule has 0 unspecified atom stereocenters. The first kappa shape index (κ1) is 19.4. The second kappa shape index (κ2) is 9.03. The molecule has 2 aromatic rings. The van der Waals surface area contributed by atoms with E-state index in [4.69, 9.17) is 2.51 Å². The molecule has 0 radical (unpaired) electrons. The molecular formula is C21H23IO3S. The van der Waals surface area contributed by atoms with Crippen LogP contribution in [-0.2, 0) is 12.6 Å². The van der Waals surface area contributed by atoms with E-state index in [2.05, 4.69) is 9.85 Å². The first-order chi connectivity index (χ1) is 12.5. The third kappa shape index (κ3) is 5.32. The third-order valence-electron chi connectivity index (χ3n) is 4.34. The average Bonchev–Trinajstić information content (AvgIpc) is 2.67. The van der Waals surface area contributed by atoms with Gasteiger partial charge in [0.1, 0.15) is 0 Å². The Hall–Kier alpha value is -1.36. The molecule has 0 N–H and O–H groups in total. The molecule has 26 heavy (non-hydrogen) atoms. The summed E-state index contributed by atoms with van der Waals surface area (Å²) in [5.74, 6) is 3.71. The fourth-order valence-corrected chi connectivity index (χ4v) is 8.68. The Balaban J connectivity index is 1.86. The molecule has 0 atom stereocenters. The number of rotatable bonds is 4. The molecule has 3 rings (SSSR count).